The molecule has 0 heterocycles. The Labute approximate surface area is 146 Å². The summed E-state index contributed by atoms with van der Waals surface area (Å²) in [6.07, 6.45) is 4.82. The Balaban J connectivity index is 0.00000161. The van der Waals surface area contributed by atoms with Gasteiger partial charge in [0, 0.05) is 18.5 Å². The van der Waals surface area contributed by atoms with Gasteiger partial charge in [-0.15, -0.1) is 24.0 Å². The van der Waals surface area contributed by atoms with Crippen LogP contribution in [0.25, 0.3) is 0 Å². The molecule has 3 rings (SSSR count). The van der Waals surface area contributed by atoms with Crippen LogP contribution in [0.3, 0.4) is 0 Å². The molecule has 116 valence electrons. The Kier molecular flexibility index (Phi) is 5.71. The molecule has 21 heavy (non-hydrogen) atoms. The lowest BCUT2D eigenvalue weighted by Crippen LogP contribution is -2.35. The highest BCUT2D eigenvalue weighted by atomic mass is 127. The molecule has 0 unspecified atom stereocenters. The van der Waals surface area contributed by atoms with Crippen molar-refractivity contribution in [3.8, 4) is 0 Å². The van der Waals surface area contributed by atoms with Gasteiger partial charge in [-0.25, -0.2) is 4.39 Å². The Morgan fingerprint density at radius 3 is 2.81 bits per heavy atom. The lowest BCUT2D eigenvalue weighted by Gasteiger charge is -2.23. The third kappa shape index (κ3) is 4.22. The molecule has 1 aromatic rings. The van der Waals surface area contributed by atoms with E-state index in [1.165, 1.54) is 25.3 Å². The van der Waals surface area contributed by atoms with Crippen LogP contribution in [0.1, 0.15) is 37.2 Å². The zero-order valence-corrected chi connectivity index (χ0v) is 14.8. The normalized spacial score (nSPS) is 25.0. The molecule has 6 heteroatoms. The lowest BCUT2D eigenvalue weighted by atomic mass is 9.86. The summed E-state index contributed by atoms with van der Waals surface area (Å²) in [5, 5.41) is 3.38. The molecule has 2 saturated carbocycles. The van der Waals surface area contributed by atoms with Crippen LogP contribution >= 0.6 is 35.6 Å². The van der Waals surface area contributed by atoms with Gasteiger partial charge in [-0.1, -0.05) is 24.1 Å². The van der Waals surface area contributed by atoms with Crippen LogP contribution in [0, 0.1) is 11.7 Å². The maximum atomic E-state index is 13.4. The van der Waals surface area contributed by atoms with Crippen molar-refractivity contribution in [3.05, 3.63) is 34.6 Å². The van der Waals surface area contributed by atoms with Crippen molar-refractivity contribution in [2.75, 3.05) is 6.54 Å². The van der Waals surface area contributed by atoms with E-state index in [1.807, 2.05) is 6.07 Å². The van der Waals surface area contributed by atoms with Gasteiger partial charge in [-0.2, -0.15) is 0 Å². The molecule has 2 aliphatic carbocycles. The highest BCUT2D eigenvalue weighted by Crippen LogP contribution is 2.41. The molecule has 3 nitrogen and oxygen atoms in total. The Morgan fingerprint density at radius 2 is 2.19 bits per heavy atom. The summed E-state index contributed by atoms with van der Waals surface area (Å²) >= 11 is 5.69. The topological polar surface area (TPSA) is 50.4 Å². The third-order valence-corrected chi connectivity index (χ3v) is 4.55. The van der Waals surface area contributed by atoms with Gasteiger partial charge in [-0.3, -0.25) is 4.99 Å². The quantitative estimate of drug-likeness (QED) is 0.441. The highest BCUT2D eigenvalue weighted by molar-refractivity contribution is 14.0. The van der Waals surface area contributed by atoms with Gasteiger partial charge >= 0.3 is 0 Å². The number of rotatable bonds is 4. The number of hydrogen-bond donors (Lipinski definition) is 2. The maximum Gasteiger partial charge on any atom is 0.188 e. The second-order valence-electron chi connectivity index (χ2n) is 5.79. The van der Waals surface area contributed by atoms with E-state index in [9.17, 15) is 4.39 Å². The summed E-state index contributed by atoms with van der Waals surface area (Å²) in [5.41, 5.74) is 6.85. The molecule has 0 aliphatic heterocycles. The lowest BCUT2D eigenvalue weighted by molar-refractivity contribution is 0.326. The van der Waals surface area contributed by atoms with Gasteiger partial charge in [0.1, 0.15) is 5.82 Å². The summed E-state index contributed by atoms with van der Waals surface area (Å²) in [5.74, 6) is 1.18. The van der Waals surface area contributed by atoms with Crippen molar-refractivity contribution >= 4 is 41.5 Å². The molecule has 3 N–H and O–H groups in total. The van der Waals surface area contributed by atoms with E-state index in [-0.39, 0.29) is 40.9 Å². The van der Waals surface area contributed by atoms with Gasteiger partial charge in [0.25, 0.3) is 0 Å². The van der Waals surface area contributed by atoms with E-state index < -0.39 is 0 Å². The van der Waals surface area contributed by atoms with E-state index in [2.05, 4.69) is 10.3 Å². The first-order chi connectivity index (χ1) is 9.63. The molecule has 0 bridgehead atoms. The molecular weight excluding hydrogens is 404 g/mol. The predicted molar refractivity (Wildman–Crippen MR) is 94.9 cm³/mol. The van der Waals surface area contributed by atoms with Crippen LogP contribution in [0.4, 0.5) is 4.39 Å². The van der Waals surface area contributed by atoms with Crippen molar-refractivity contribution in [1.82, 2.24) is 5.32 Å². The number of guanidine groups is 1. The third-order valence-electron chi connectivity index (χ3n) is 4.24. The van der Waals surface area contributed by atoms with Crippen molar-refractivity contribution in [2.45, 2.75) is 37.6 Å². The minimum Gasteiger partial charge on any atom is -0.370 e. The number of nitrogens with two attached hydrogens (primary N) is 1. The molecule has 2 atom stereocenters. The van der Waals surface area contributed by atoms with E-state index in [0.717, 1.165) is 24.4 Å². The molecule has 2 aliphatic rings. The van der Waals surface area contributed by atoms with Crippen LogP contribution < -0.4 is 11.1 Å². The number of aliphatic imine (C=N–C) groups is 1. The Hall–Kier alpha value is -0.560. The minimum absolute atomic E-state index is 0. The second-order valence-corrected chi connectivity index (χ2v) is 6.20. The first-order valence-corrected chi connectivity index (χ1v) is 7.52. The smallest absolute Gasteiger partial charge is 0.188 e. The van der Waals surface area contributed by atoms with Crippen LogP contribution in [0.15, 0.2) is 23.2 Å². The summed E-state index contributed by atoms with van der Waals surface area (Å²) < 4.78 is 13.4. The van der Waals surface area contributed by atoms with Crippen LogP contribution in [-0.4, -0.2) is 18.5 Å². The number of halogens is 3. The van der Waals surface area contributed by atoms with Gasteiger partial charge in [-0.05, 0) is 42.9 Å². The standard InChI is InChI=1S/C15H19ClFN3.HI/c16-12-5-4-10(6-13(12)17)11-7-14(11)20-15(18)19-8-9-2-1-3-9;/h4-6,9,11,14H,1-3,7-8H2,(H3,18,19,20);1H/t11-,14+;/m0./s1. The Morgan fingerprint density at radius 1 is 1.43 bits per heavy atom. The maximum absolute atomic E-state index is 13.4. The SMILES string of the molecule is I.NC(=NCC1CCC1)N[C@@H]1C[C@H]1c1ccc(Cl)c(F)c1. The van der Waals surface area contributed by atoms with Gasteiger partial charge < -0.3 is 11.1 Å². The number of hydrogen-bond acceptors (Lipinski definition) is 1. The molecule has 1 aromatic carbocycles. The summed E-state index contributed by atoms with van der Waals surface area (Å²) in [6.45, 7) is 0.825. The average molecular weight is 424 g/mol. The van der Waals surface area contributed by atoms with Crippen LogP contribution in [-0.2, 0) is 0 Å². The highest BCUT2D eigenvalue weighted by Gasteiger charge is 2.39. The summed E-state index contributed by atoms with van der Waals surface area (Å²) in [7, 11) is 0. The molecular formula is C15H20ClFIN3. The second kappa shape index (κ2) is 7.13. The van der Waals surface area contributed by atoms with E-state index in [0.29, 0.717) is 11.9 Å². The van der Waals surface area contributed by atoms with Crippen LogP contribution in [0.5, 0.6) is 0 Å². The fourth-order valence-corrected chi connectivity index (χ4v) is 2.72. The van der Waals surface area contributed by atoms with Gasteiger partial charge in [0.15, 0.2) is 5.96 Å². The molecule has 0 amide bonds. The van der Waals surface area contributed by atoms with Crippen molar-refractivity contribution < 1.29 is 4.39 Å². The number of nitrogens with zero attached hydrogens (tertiary/aromatic N) is 1. The average Bonchev–Trinajstić information content (AvgIpc) is 3.10. The fraction of sp³-hybridized carbons (Fsp3) is 0.533. The minimum atomic E-state index is -0.360. The number of nitrogens with one attached hydrogen (secondary N) is 1. The zero-order valence-electron chi connectivity index (χ0n) is 11.7. The predicted octanol–water partition coefficient (Wildman–Crippen LogP) is 3.66. The summed E-state index contributed by atoms with van der Waals surface area (Å²) in [4.78, 5) is 4.37. The van der Waals surface area contributed by atoms with Crippen molar-refractivity contribution in [3.63, 3.8) is 0 Å². The van der Waals surface area contributed by atoms with E-state index in [4.69, 9.17) is 17.3 Å². The van der Waals surface area contributed by atoms with E-state index >= 15 is 0 Å². The largest absolute Gasteiger partial charge is 0.370 e. The molecule has 0 radical (unpaired) electrons. The molecule has 0 aromatic heterocycles. The fourth-order valence-electron chi connectivity index (χ4n) is 2.60. The summed E-state index contributed by atoms with van der Waals surface area (Å²) in [6, 6.07) is 5.26. The van der Waals surface area contributed by atoms with Crippen molar-refractivity contribution in [1.29, 1.82) is 0 Å². The van der Waals surface area contributed by atoms with Crippen LogP contribution in [0.2, 0.25) is 5.02 Å². The van der Waals surface area contributed by atoms with Crippen molar-refractivity contribution in [2.24, 2.45) is 16.6 Å². The van der Waals surface area contributed by atoms with Gasteiger partial charge in [0.2, 0.25) is 0 Å². The van der Waals surface area contributed by atoms with E-state index in [1.54, 1.807) is 6.07 Å². The Bertz CT molecular complexity index is 534. The molecule has 0 saturated heterocycles. The first kappa shape index (κ1) is 16.8. The number of benzene rings is 1. The zero-order chi connectivity index (χ0) is 14.1. The molecule has 2 fully saturated rings. The molecule has 0 spiro atoms. The van der Waals surface area contributed by atoms with Gasteiger partial charge in [0.05, 0.1) is 5.02 Å². The first-order valence-electron chi connectivity index (χ1n) is 7.15. The monoisotopic (exact) mass is 423 g/mol.